The predicted octanol–water partition coefficient (Wildman–Crippen LogP) is 2.49. The molecule has 78 valence electrons. The van der Waals surface area contributed by atoms with Gasteiger partial charge in [-0.05, 0) is 36.6 Å². The van der Waals surface area contributed by atoms with E-state index in [4.69, 9.17) is 10.5 Å². The maximum atomic E-state index is 5.77. The largest absolute Gasteiger partial charge is 0.380 e. The molecule has 0 aliphatic rings. The zero-order valence-corrected chi connectivity index (χ0v) is 10.2. The third-order valence-corrected chi connectivity index (χ3v) is 2.50. The predicted molar refractivity (Wildman–Crippen MR) is 62.2 cm³/mol. The van der Waals surface area contributed by atoms with Crippen LogP contribution in [0.3, 0.4) is 0 Å². The number of rotatable bonds is 4. The standard InChI is InChI=1S/C11H16BrNO/c1-8(13)5-9-3-4-11(12)6-10(9)7-14-2/h3-4,6,8H,5,7,13H2,1-2H3. The summed E-state index contributed by atoms with van der Waals surface area (Å²) < 4.78 is 6.22. The van der Waals surface area contributed by atoms with E-state index in [1.807, 2.05) is 13.0 Å². The van der Waals surface area contributed by atoms with Crippen LogP contribution in [0.1, 0.15) is 18.1 Å². The average Bonchev–Trinajstić information content (AvgIpc) is 2.09. The molecule has 3 heteroatoms. The fraction of sp³-hybridized carbons (Fsp3) is 0.455. The second-order valence-corrected chi connectivity index (χ2v) is 4.44. The molecule has 1 aromatic carbocycles. The number of methoxy groups -OCH3 is 1. The lowest BCUT2D eigenvalue weighted by Crippen LogP contribution is -2.18. The first-order valence-corrected chi connectivity index (χ1v) is 5.44. The molecule has 14 heavy (non-hydrogen) atoms. The summed E-state index contributed by atoms with van der Waals surface area (Å²) in [6.07, 6.45) is 0.895. The molecule has 0 spiro atoms. The van der Waals surface area contributed by atoms with E-state index in [2.05, 4.69) is 28.1 Å². The van der Waals surface area contributed by atoms with Crippen LogP contribution in [0.4, 0.5) is 0 Å². The Morgan fingerprint density at radius 1 is 1.43 bits per heavy atom. The smallest absolute Gasteiger partial charge is 0.0716 e. The molecule has 1 unspecified atom stereocenters. The molecule has 0 aliphatic carbocycles. The third kappa shape index (κ3) is 3.40. The van der Waals surface area contributed by atoms with Crippen LogP contribution in [0.2, 0.25) is 0 Å². The summed E-state index contributed by atoms with van der Waals surface area (Å²) in [4.78, 5) is 0. The Hall–Kier alpha value is -0.380. The number of ether oxygens (including phenoxy) is 1. The van der Waals surface area contributed by atoms with Gasteiger partial charge in [0.05, 0.1) is 6.61 Å². The van der Waals surface area contributed by atoms with Crippen LogP contribution in [0, 0.1) is 0 Å². The molecule has 0 saturated carbocycles. The molecule has 1 aromatic rings. The maximum absolute atomic E-state index is 5.77. The zero-order chi connectivity index (χ0) is 10.6. The Kier molecular flexibility index (Phi) is 4.58. The number of halogens is 1. The fourth-order valence-corrected chi connectivity index (χ4v) is 1.84. The summed E-state index contributed by atoms with van der Waals surface area (Å²) in [7, 11) is 1.70. The highest BCUT2D eigenvalue weighted by atomic mass is 79.9. The minimum absolute atomic E-state index is 0.187. The van der Waals surface area contributed by atoms with Crippen molar-refractivity contribution in [2.75, 3.05) is 7.11 Å². The second kappa shape index (κ2) is 5.49. The molecule has 2 N–H and O–H groups in total. The van der Waals surface area contributed by atoms with E-state index in [-0.39, 0.29) is 6.04 Å². The van der Waals surface area contributed by atoms with Gasteiger partial charge in [0.15, 0.2) is 0 Å². The normalized spacial score (nSPS) is 12.9. The summed E-state index contributed by atoms with van der Waals surface area (Å²) in [5.74, 6) is 0. The first-order valence-electron chi connectivity index (χ1n) is 4.65. The molecule has 0 bridgehead atoms. The SMILES string of the molecule is COCc1cc(Br)ccc1CC(C)N. The molecule has 1 atom stereocenters. The van der Waals surface area contributed by atoms with Crippen LogP contribution >= 0.6 is 15.9 Å². The summed E-state index contributed by atoms with van der Waals surface area (Å²) in [5.41, 5.74) is 8.25. The highest BCUT2D eigenvalue weighted by Gasteiger charge is 2.05. The molecule has 2 nitrogen and oxygen atoms in total. The van der Waals surface area contributed by atoms with Crippen molar-refractivity contribution in [2.45, 2.75) is 26.0 Å². The molecule has 0 fully saturated rings. The van der Waals surface area contributed by atoms with Gasteiger partial charge in [-0.3, -0.25) is 0 Å². The second-order valence-electron chi connectivity index (χ2n) is 3.53. The zero-order valence-electron chi connectivity index (χ0n) is 8.59. The number of nitrogens with two attached hydrogens (primary N) is 1. The van der Waals surface area contributed by atoms with Crippen molar-refractivity contribution < 1.29 is 4.74 Å². The van der Waals surface area contributed by atoms with Gasteiger partial charge in [-0.25, -0.2) is 0 Å². The summed E-state index contributed by atoms with van der Waals surface area (Å²) in [6.45, 7) is 2.65. The number of hydrogen-bond acceptors (Lipinski definition) is 2. The first kappa shape index (κ1) is 11.7. The van der Waals surface area contributed by atoms with Gasteiger partial charge < -0.3 is 10.5 Å². The topological polar surface area (TPSA) is 35.2 Å². The fourth-order valence-electron chi connectivity index (χ4n) is 1.43. The quantitative estimate of drug-likeness (QED) is 0.900. The van der Waals surface area contributed by atoms with Gasteiger partial charge in [0.25, 0.3) is 0 Å². The summed E-state index contributed by atoms with van der Waals surface area (Å²) in [6, 6.07) is 6.41. The van der Waals surface area contributed by atoms with Crippen LogP contribution < -0.4 is 5.73 Å². The Morgan fingerprint density at radius 2 is 2.14 bits per heavy atom. The van der Waals surface area contributed by atoms with Crippen molar-refractivity contribution in [2.24, 2.45) is 5.73 Å². The van der Waals surface area contributed by atoms with E-state index in [0.717, 1.165) is 10.9 Å². The van der Waals surface area contributed by atoms with Gasteiger partial charge in [0.2, 0.25) is 0 Å². The van der Waals surface area contributed by atoms with Crippen LogP contribution in [-0.2, 0) is 17.8 Å². The Bertz CT molecular complexity index is 299. The summed E-state index contributed by atoms with van der Waals surface area (Å²) in [5, 5.41) is 0. The minimum atomic E-state index is 0.187. The van der Waals surface area contributed by atoms with Crippen LogP contribution in [0.25, 0.3) is 0 Å². The average molecular weight is 258 g/mol. The van der Waals surface area contributed by atoms with E-state index < -0.39 is 0 Å². The van der Waals surface area contributed by atoms with Gasteiger partial charge in [0.1, 0.15) is 0 Å². The molecule has 0 heterocycles. The minimum Gasteiger partial charge on any atom is -0.380 e. The van der Waals surface area contributed by atoms with Crippen molar-refractivity contribution in [3.8, 4) is 0 Å². The molecular formula is C11H16BrNO. The van der Waals surface area contributed by atoms with Gasteiger partial charge in [-0.1, -0.05) is 22.0 Å². The van der Waals surface area contributed by atoms with Crippen LogP contribution in [0.5, 0.6) is 0 Å². The van der Waals surface area contributed by atoms with Gasteiger partial charge in [0, 0.05) is 17.6 Å². The number of benzene rings is 1. The molecular weight excluding hydrogens is 242 g/mol. The lowest BCUT2D eigenvalue weighted by molar-refractivity contribution is 0.184. The van der Waals surface area contributed by atoms with Crippen molar-refractivity contribution in [3.05, 3.63) is 33.8 Å². The lowest BCUT2D eigenvalue weighted by atomic mass is 10.0. The summed E-state index contributed by atoms with van der Waals surface area (Å²) >= 11 is 3.45. The molecule has 0 aliphatic heterocycles. The Balaban J connectivity index is 2.89. The van der Waals surface area contributed by atoms with Crippen LogP contribution in [0.15, 0.2) is 22.7 Å². The molecule has 0 saturated heterocycles. The molecule has 0 amide bonds. The van der Waals surface area contributed by atoms with Crippen molar-refractivity contribution in [3.63, 3.8) is 0 Å². The first-order chi connectivity index (χ1) is 6.63. The van der Waals surface area contributed by atoms with E-state index in [0.29, 0.717) is 6.61 Å². The van der Waals surface area contributed by atoms with Crippen LogP contribution in [-0.4, -0.2) is 13.2 Å². The number of hydrogen-bond donors (Lipinski definition) is 1. The van der Waals surface area contributed by atoms with E-state index >= 15 is 0 Å². The Morgan fingerprint density at radius 3 is 2.71 bits per heavy atom. The lowest BCUT2D eigenvalue weighted by Gasteiger charge is -2.11. The van der Waals surface area contributed by atoms with Crippen molar-refractivity contribution in [1.29, 1.82) is 0 Å². The van der Waals surface area contributed by atoms with E-state index in [1.165, 1.54) is 11.1 Å². The third-order valence-electron chi connectivity index (χ3n) is 2.01. The maximum Gasteiger partial charge on any atom is 0.0716 e. The molecule has 0 radical (unpaired) electrons. The molecule has 1 rings (SSSR count). The highest BCUT2D eigenvalue weighted by Crippen LogP contribution is 2.18. The molecule has 0 aromatic heterocycles. The van der Waals surface area contributed by atoms with Gasteiger partial charge in [-0.15, -0.1) is 0 Å². The van der Waals surface area contributed by atoms with E-state index in [1.54, 1.807) is 7.11 Å². The highest BCUT2D eigenvalue weighted by molar-refractivity contribution is 9.10. The monoisotopic (exact) mass is 257 g/mol. The van der Waals surface area contributed by atoms with Gasteiger partial charge >= 0.3 is 0 Å². The Labute approximate surface area is 93.6 Å². The van der Waals surface area contributed by atoms with Crippen molar-refractivity contribution in [1.82, 2.24) is 0 Å². The van der Waals surface area contributed by atoms with Gasteiger partial charge in [-0.2, -0.15) is 0 Å². The van der Waals surface area contributed by atoms with E-state index in [9.17, 15) is 0 Å². The van der Waals surface area contributed by atoms with Crippen molar-refractivity contribution >= 4 is 15.9 Å².